The van der Waals surface area contributed by atoms with Crippen LogP contribution in [0, 0.1) is 0 Å². The van der Waals surface area contributed by atoms with E-state index in [1.54, 1.807) is 31.2 Å². The monoisotopic (exact) mass is 328 g/mol. The van der Waals surface area contributed by atoms with Crippen LogP contribution in [-0.2, 0) is 10.2 Å². The number of hydrogen-bond donors (Lipinski definition) is 2. The Morgan fingerprint density at radius 3 is 2.08 bits per heavy atom. The molecule has 128 valence electrons. The number of aromatic carboxylic acids is 1. The molecule has 2 N–H and O–H groups in total. The zero-order valence-corrected chi connectivity index (χ0v) is 14.8. The van der Waals surface area contributed by atoms with Crippen LogP contribution in [0.5, 0.6) is 0 Å². The van der Waals surface area contributed by atoms with E-state index in [1.165, 1.54) is 0 Å². The van der Waals surface area contributed by atoms with Crippen molar-refractivity contribution in [3.8, 4) is 0 Å². The predicted octanol–water partition coefficient (Wildman–Crippen LogP) is 4.67. The van der Waals surface area contributed by atoms with Gasteiger partial charge in [-0.25, -0.2) is 9.59 Å². The van der Waals surface area contributed by atoms with E-state index in [0.717, 1.165) is 22.8 Å². The minimum atomic E-state index is -0.984. The minimum absolute atomic E-state index is 0.156. The minimum Gasteiger partial charge on any atom is -0.478 e. The molecule has 0 heterocycles. The average molecular weight is 328 g/mol. The summed E-state index contributed by atoms with van der Waals surface area (Å²) >= 11 is 0. The lowest BCUT2D eigenvalue weighted by Crippen LogP contribution is -2.13. The largest absolute Gasteiger partial charge is 0.478 e. The summed E-state index contributed by atoms with van der Waals surface area (Å²) in [6.07, 6.45) is 6.42. The van der Waals surface area contributed by atoms with E-state index >= 15 is 0 Å². The van der Waals surface area contributed by atoms with Crippen molar-refractivity contribution in [1.29, 1.82) is 0 Å². The van der Waals surface area contributed by atoms with Gasteiger partial charge in [-0.2, -0.15) is 0 Å². The van der Waals surface area contributed by atoms with Gasteiger partial charge in [0.2, 0.25) is 0 Å². The fourth-order valence-corrected chi connectivity index (χ4v) is 2.10. The summed E-state index contributed by atoms with van der Waals surface area (Å²) in [7, 11) is 0. The van der Waals surface area contributed by atoms with Gasteiger partial charge in [0.15, 0.2) is 0 Å². The molecule has 0 aliphatic rings. The van der Waals surface area contributed by atoms with E-state index in [1.807, 2.05) is 39.8 Å². The summed E-state index contributed by atoms with van der Waals surface area (Å²) in [5.41, 5.74) is 3.43. The van der Waals surface area contributed by atoms with Gasteiger partial charge < -0.3 is 10.2 Å². The third-order valence-electron chi connectivity index (χ3n) is 3.56. The highest BCUT2D eigenvalue weighted by Crippen LogP contribution is 2.27. The van der Waals surface area contributed by atoms with E-state index in [-0.39, 0.29) is 11.0 Å². The smallest absolute Gasteiger partial charge is 0.335 e. The second-order valence-electron chi connectivity index (χ2n) is 6.79. The summed E-state index contributed by atoms with van der Waals surface area (Å²) in [6.45, 7) is 9.72. The summed E-state index contributed by atoms with van der Waals surface area (Å²) < 4.78 is 0. The predicted molar refractivity (Wildman–Crippen MR) is 96.3 cm³/mol. The molecule has 0 atom stereocenters. The lowest BCUT2D eigenvalue weighted by atomic mass is 9.84. The molecular formula is C20H24O4. The molecule has 0 saturated carbocycles. The van der Waals surface area contributed by atoms with Gasteiger partial charge in [0, 0.05) is 6.08 Å². The molecule has 0 aliphatic carbocycles. The Morgan fingerprint density at radius 2 is 1.58 bits per heavy atom. The Balaban J connectivity index is 3.22. The quantitative estimate of drug-likeness (QED) is 0.608. The van der Waals surface area contributed by atoms with Crippen LogP contribution in [0.2, 0.25) is 0 Å². The van der Waals surface area contributed by atoms with Gasteiger partial charge in [0.05, 0.1) is 5.56 Å². The number of carboxylic acid groups (broad SMARTS) is 2. The van der Waals surface area contributed by atoms with Crippen LogP contribution in [0.25, 0.3) is 5.57 Å². The second kappa shape index (κ2) is 7.77. The number of allylic oxidation sites excluding steroid dienone is 5. The molecule has 0 aromatic heterocycles. The lowest BCUT2D eigenvalue weighted by molar-refractivity contribution is -0.131. The SMILES string of the molecule is CC(C=CC=C(C)c1cc(C(=O)O)cc(C(C)(C)C)c1)=CC(=O)O. The Morgan fingerprint density at radius 1 is 1.00 bits per heavy atom. The average Bonchev–Trinajstić information content (AvgIpc) is 2.44. The van der Waals surface area contributed by atoms with E-state index in [2.05, 4.69) is 0 Å². The third kappa shape index (κ3) is 5.88. The highest BCUT2D eigenvalue weighted by atomic mass is 16.4. The Hall–Kier alpha value is -2.62. The van der Waals surface area contributed by atoms with Crippen LogP contribution < -0.4 is 0 Å². The van der Waals surface area contributed by atoms with E-state index in [0.29, 0.717) is 5.57 Å². The first kappa shape index (κ1) is 19.4. The van der Waals surface area contributed by atoms with Crippen LogP contribution in [0.3, 0.4) is 0 Å². The van der Waals surface area contributed by atoms with E-state index in [4.69, 9.17) is 5.11 Å². The topological polar surface area (TPSA) is 74.6 Å². The lowest BCUT2D eigenvalue weighted by Gasteiger charge is -2.21. The van der Waals surface area contributed by atoms with Crippen LogP contribution >= 0.6 is 0 Å². The van der Waals surface area contributed by atoms with Gasteiger partial charge in [-0.05, 0) is 53.7 Å². The van der Waals surface area contributed by atoms with Gasteiger partial charge in [0.25, 0.3) is 0 Å². The van der Waals surface area contributed by atoms with Crippen molar-refractivity contribution in [3.05, 3.63) is 64.8 Å². The maximum Gasteiger partial charge on any atom is 0.335 e. The summed E-state index contributed by atoms with van der Waals surface area (Å²) in [4.78, 5) is 21.9. The maximum absolute atomic E-state index is 11.4. The van der Waals surface area contributed by atoms with Crippen LogP contribution in [0.1, 0.15) is 56.1 Å². The first-order valence-corrected chi connectivity index (χ1v) is 7.66. The fourth-order valence-electron chi connectivity index (χ4n) is 2.10. The van der Waals surface area contributed by atoms with Crippen molar-refractivity contribution < 1.29 is 19.8 Å². The van der Waals surface area contributed by atoms with Crippen molar-refractivity contribution in [1.82, 2.24) is 0 Å². The summed E-state index contributed by atoms with van der Waals surface area (Å²) in [5, 5.41) is 18.0. The van der Waals surface area contributed by atoms with Gasteiger partial charge in [-0.15, -0.1) is 0 Å². The zero-order chi connectivity index (χ0) is 18.5. The first-order valence-electron chi connectivity index (χ1n) is 7.66. The molecule has 0 aliphatic heterocycles. The molecule has 0 fully saturated rings. The molecule has 24 heavy (non-hydrogen) atoms. The summed E-state index contributed by atoms with van der Waals surface area (Å²) in [5.74, 6) is -1.94. The third-order valence-corrected chi connectivity index (χ3v) is 3.56. The molecule has 1 aromatic carbocycles. The van der Waals surface area contributed by atoms with Crippen LogP contribution in [0.15, 0.2) is 48.1 Å². The zero-order valence-electron chi connectivity index (χ0n) is 14.8. The molecule has 0 amide bonds. The first-order chi connectivity index (χ1) is 11.0. The van der Waals surface area contributed by atoms with Gasteiger partial charge in [0.1, 0.15) is 0 Å². The molecule has 0 unspecified atom stereocenters. The molecule has 0 saturated heterocycles. The molecule has 1 aromatic rings. The summed E-state index contributed by atoms with van der Waals surface area (Å²) in [6, 6.07) is 5.35. The molecule has 1 rings (SSSR count). The maximum atomic E-state index is 11.4. The second-order valence-corrected chi connectivity index (χ2v) is 6.79. The molecular weight excluding hydrogens is 304 g/mol. The number of carbonyl (C=O) groups is 2. The van der Waals surface area contributed by atoms with Gasteiger partial charge in [-0.3, -0.25) is 0 Å². The molecule has 4 heteroatoms. The van der Waals surface area contributed by atoms with Crippen molar-refractivity contribution >= 4 is 17.5 Å². The van der Waals surface area contributed by atoms with Crippen molar-refractivity contribution in [3.63, 3.8) is 0 Å². The molecule has 0 spiro atoms. The Kier molecular flexibility index (Phi) is 6.29. The van der Waals surface area contributed by atoms with Gasteiger partial charge >= 0.3 is 11.9 Å². The molecule has 0 radical (unpaired) electrons. The Labute approximate surface area is 142 Å². The number of carboxylic acids is 2. The number of hydrogen-bond acceptors (Lipinski definition) is 2. The normalized spacial score (nSPS) is 13.4. The highest BCUT2D eigenvalue weighted by Gasteiger charge is 2.17. The number of benzene rings is 1. The number of rotatable bonds is 5. The van der Waals surface area contributed by atoms with Crippen LogP contribution in [-0.4, -0.2) is 22.2 Å². The molecule has 4 nitrogen and oxygen atoms in total. The highest BCUT2D eigenvalue weighted by molar-refractivity contribution is 5.89. The van der Waals surface area contributed by atoms with Crippen LogP contribution in [0.4, 0.5) is 0 Å². The van der Waals surface area contributed by atoms with E-state index in [9.17, 15) is 14.7 Å². The molecule has 0 bridgehead atoms. The van der Waals surface area contributed by atoms with Crippen molar-refractivity contribution in [2.75, 3.05) is 0 Å². The van der Waals surface area contributed by atoms with E-state index < -0.39 is 11.9 Å². The van der Waals surface area contributed by atoms with Crippen molar-refractivity contribution in [2.24, 2.45) is 0 Å². The standard InChI is InChI=1S/C20H24O4/c1-13(9-18(21)22)7-6-8-14(2)15-10-16(19(23)24)12-17(11-15)20(3,4)5/h6-12H,1-5H3,(H,21,22)(H,23,24). The number of aliphatic carboxylic acids is 1. The Bertz CT molecular complexity index is 728. The van der Waals surface area contributed by atoms with Crippen molar-refractivity contribution in [2.45, 2.75) is 40.0 Å². The fraction of sp³-hybridized carbons (Fsp3) is 0.300. The van der Waals surface area contributed by atoms with Gasteiger partial charge in [-0.1, -0.05) is 45.1 Å².